The van der Waals surface area contributed by atoms with Gasteiger partial charge in [-0.25, -0.2) is 0 Å². The maximum absolute atomic E-state index is 10.4. The molecule has 0 spiro atoms. The van der Waals surface area contributed by atoms with Crippen molar-refractivity contribution in [3.05, 3.63) is 24.3 Å². The number of hydrogen-bond donors (Lipinski definition) is 2. The van der Waals surface area contributed by atoms with Crippen LogP contribution in [0.2, 0.25) is 0 Å². The van der Waals surface area contributed by atoms with Crippen LogP contribution >= 0.6 is 0 Å². The maximum Gasteiger partial charge on any atom is 0.357 e. The van der Waals surface area contributed by atoms with Crippen LogP contribution in [0.1, 0.15) is 0 Å². The summed E-state index contributed by atoms with van der Waals surface area (Å²) < 4.78 is 36.0. The summed E-state index contributed by atoms with van der Waals surface area (Å²) in [6.07, 6.45) is 0. The summed E-state index contributed by atoms with van der Waals surface area (Å²) in [5, 5.41) is 0. The van der Waals surface area contributed by atoms with E-state index < -0.39 is 10.3 Å². The summed E-state index contributed by atoms with van der Waals surface area (Å²) in [5.74, 6) is 0.508. The first-order valence-corrected chi connectivity index (χ1v) is 4.84. The normalized spacial score (nSPS) is 10.9. The van der Waals surface area contributed by atoms with Gasteiger partial charge in [-0.2, -0.15) is 8.42 Å². The van der Waals surface area contributed by atoms with E-state index in [1.165, 1.54) is 19.2 Å². The minimum absolute atomic E-state index is 0.252. The van der Waals surface area contributed by atoms with Crippen molar-refractivity contribution in [3.8, 4) is 5.75 Å². The molecule has 0 heterocycles. The molecule has 6 heteroatoms. The second-order valence-electron chi connectivity index (χ2n) is 2.31. The molecule has 0 radical (unpaired) electrons. The molecule has 1 aromatic carbocycles. The van der Waals surface area contributed by atoms with E-state index in [1.807, 2.05) is 4.72 Å². The van der Waals surface area contributed by atoms with Crippen molar-refractivity contribution in [1.29, 1.82) is 0 Å². The lowest BCUT2D eigenvalue weighted by Gasteiger charge is -2.04. The van der Waals surface area contributed by atoms with Crippen molar-refractivity contribution in [2.45, 2.75) is 0 Å². The van der Waals surface area contributed by atoms with Crippen molar-refractivity contribution in [1.82, 2.24) is 0 Å². The van der Waals surface area contributed by atoms with Crippen LogP contribution in [-0.4, -0.2) is 20.1 Å². The van der Waals surface area contributed by atoms with E-state index in [1.54, 1.807) is 12.1 Å². The maximum atomic E-state index is 10.4. The Morgan fingerprint density at radius 3 is 2.69 bits per heavy atom. The Hall–Kier alpha value is -1.27. The van der Waals surface area contributed by atoms with E-state index in [9.17, 15) is 8.42 Å². The van der Waals surface area contributed by atoms with Crippen LogP contribution in [0.15, 0.2) is 24.3 Å². The summed E-state index contributed by atoms with van der Waals surface area (Å²) in [5.41, 5.74) is 0.252. The number of hydrogen-bond acceptors (Lipinski definition) is 3. The van der Waals surface area contributed by atoms with Crippen LogP contribution in [-0.2, 0) is 10.3 Å². The Kier molecular flexibility index (Phi) is 2.74. The van der Waals surface area contributed by atoms with Crippen LogP contribution in [0.4, 0.5) is 5.69 Å². The van der Waals surface area contributed by atoms with Gasteiger partial charge in [0.15, 0.2) is 0 Å². The van der Waals surface area contributed by atoms with Gasteiger partial charge in [0, 0.05) is 6.07 Å². The molecule has 0 amide bonds. The molecule has 0 aliphatic heterocycles. The van der Waals surface area contributed by atoms with Gasteiger partial charge in [-0.3, -0.25) is 9.27 Å². The number of methoxy groups -OCH3 is 1. The zero-order chi connectivity index (χ0) is 9.90. The molecule has 0 aromatic heterocycles. The molecule has 1 rings (SSSR count). The molecule has 0 unspecified atom stereocenters. The van der Waals surface area contributed by atoms with Crippen LogP contribution in [0.25, 0.3) is 0 Å². The average molecular weight is 203 g/mol. The molecule has 0 saturated carbocycles. The lowest BCUT2D eigenvalue weighted by Crippen LogP contribution is -2.10. The first-order chi connectivity index (χ1) is 6.01. The third kappa shape index (κ3) is 3.30. The highest BCUT2D eigenvalue weighted by atomic mass is 32.2. The van der Waals surface area contributed by atoms with E-state index in [0.29, 0.717) is 5.75 Å². The zero-order valence-corrected chi connectivity index (χ0v) is 7.71. The van der Waals surface area contributed by atoms with Gasteiger partial charge < -0.3 is 4.74 Å². The van der Waals surface area contributed by atoms with E-state index in [0.717, 1.165) is 0 Å². The molecule has 0 atom stereocenters. The number of rotatable bonds is 3. The van der Waals surface area contributed by atoms with Crippen LogP contribution in [0, 0.1) is 0 Å². The highest BCUT2D eigenvalue weighted by Gasteiger charge is 2.03. The summed E-state index contributed by atoms with van der Waals surface area (Å²) in [6.45, 7) is 0. The predicted molar refractivity (Wildman–Crippen MR) is 48.2 cm³/mol. The van der Waals surface area contributed by atoms with Gasteiger partial charge >= 0.3 is 10.3 Å². The third-order valence-electron chi connectivity index (χ3n) is 1.32. The van der Waals surface area contributed by atoms with Crippen molar-refractivity contribution < 1.29 is 17.7 Å². The Labute approximate surface area is 76.2 Å². The standard InChI is InChI=1S/C7H9NO4S/c1-12-7-4-2-3-6(5-7)8-13(9,10)11/h2-5,8H,1H3,(H,9,10,11). The molecule has 0 fully saturated rings. The zero-order valence-electron chi connectivity index (χ0n) is 6.89. The van der Waals surface area contributed by atoms with E-state index in [-0.39, 0.29) is 5.69 Å². The largest absolute Gasteiger partial charge is 0.497 e. The lowest BCUT2D eigenvalue weighted by atomic mass is 10.3. The number of nitrogens with one attached hydrogen (secondary N) is 1. The molecule has 0 aliphatic rings. The number of anilines is 1. The molecule has 13 heavy (non-hydrogen) atoms. The molecule has 72 valence electrons. The van der Waals surface area contributed by atoms with E-state index in [4.69, 9.17) is 9.29 Å². The lowest BCUT2D eigenvalue weighted by molar-refractivity contribution is 0.415. The Bertz CT molecular complexity index is 387. The third-order valence-corrected chi connectivity index (χ3v) is 1.81. The summed E-state index contributed by atoms with van der Waals surface area (Å²) in [4.78, 5) is 0. The monoisotopic (exact) mass is 203 g/mol. The van der Waals surface area contributed by atoms with Gasteiger partial charge in [0.05, 0.1) is 12.8 Å². The fourth-order valence-electron chi connectivity index (χ4n) is 0.835. The van der Waals surface area contributed by atoms with Crippen molar-refractivity contribution >= 4 is 16.0 Å². The summed E-state index contributed by atoms with van der Waals surface area (Å²) in [6, 6.07) is 6.21. The molecule has 0 aliphatic carbocycles. The Morgan fingerprint density at radius 1 is 1.46 bits per heavy atom. The molecule has 5 nitrogen and oxygen atoms in total. The molecule has 1 aromatic rings. The van der Waals surface area contributed by atoms with E-state index in [2.05, 4.69) is 0 Å². The molecular weight excluding hydrogens is 194 g/mol. The molecular formula is C7H9NO4S. The fourth-order valence-corrected chi connectivity index (χ4v) is 1.26. The Balaban J connectivity index is 2.90. The minimum Gasteiger partial charge on any atom is -0.497 e. The minimum atomic E-state index is -4.21. The van der Waals surface area contributed by atoms with Gasteiger partial charge in [0.1, 0.15) is 5.75 Å². The highest BCUT2D eigenvalue weighted by molar-refractivity contribution is 7.87. The van der Waals surface area contributed by atoms with Crippen LogP contribution in [0.3, 0.4) is 0 Å². The molecule has 2 N–H and O–H groups in total. The number of benzene rings is 1. The summed E-state index contributed by atoms with van der Waals surface area (Å²) >= 11 is 0. The van der Waals surface area contributed by atoms with Gasteiger partial charge in [-0.15, -0.1) is 0 Å². The molecule has 0 saturated heterocycles. The molecule has 0 bridgehead atoms. The first-order valence-electron chi connectivity index (χ1n) is 3.40. The van der Waals surface area contributed by atoms with Crippen molar-refractivity contribution in [2.75, 3.05) is 11.8 Å². The highest BCUT2D eigenvalue weighted by Crippen LogP contribution is 2.17. The van der Waals surface area contributed by atoms with Crippen LogP contribution < -0.4 is 9.46 Å². The van der Waals surface area contributed by atoms with Gasteiger partial charge in [-0.1, -0.05) is 6.07 Å². The number of ether oxygens (including phenoxy) is 1. The topological polar surface area (TPSA) is 75.6 Å². The summed E-state index contributed by atoms with van der Waals surface area (Å²) in [7, 11) is -2.74. The predicted octanol–water partition coefficient (Wildman–Crippen LogP) is 0.910. The van der Waals surface area contributed by atoms with Gasteiger partial charge in [-0.05, 0) is 12.1 Å². The second kappa shape index (κ2) is 3.63. The average Bonchev–Trinajstić information content (AvgIpc) is 2.01. The Morgan fingerprint density at radius 2 is 2.15 bits per heavy atom. The first kappa shape index (κ1) is 9.82. The smallest absolute Gasteiger partial charge is 0.357 e. The SMILES string of the molecule is COc1cccc(NS(=O)(=O)O)c1. The second-order valence-corrected chi connectivity index (χ2v) is 3.46. The van der Waals surface area contributed by atoms with Crippen molar-refractivity contribution in [2.24, 2.45) is 0 Å². The van der Waals surface area contributed by atoms with Gasteiger partial charge in [0.25, 0.3) is 0 Å². The van der Waals surface area contributed by atoms with E-state index >= 15 is 0 Å². The fraction of sp³-hybridized carbons (Fsp3) is 0.143. The van der Waals surface area contributed by atoms with Gasteiger partial charge in [0.2, 0.25) is 0 Å². The van der Waals surface area contributed by atoms with Crippen LogP contribution in [0.5, 0.6) is 5.75 Å². The van der Waals surface area contributed by atoms with Crippen molar-refractivity contribution in [3.63, 3.8) is 0 Å². The quantitative estimate of drug-likeness (QED) is 0.716.